The molecule has 0 aromatic carbocycles. The number of pyridine rings is 1. The molecule has 0 atom stereocenters. The van der Waals surface area contributed by atoms with Gasteiger partial charge in [0.2, 0.25) is 11.8 Å². The van der Waals surface area contributed by atoms with E-state index in [1.807, 2.05) is 11.8 Å². The highest BCUT2D eigenvalue weighted by atomic mass is 16.5. The molecule has 0 saturated carbocycles. The Labute approximate surface area is 153 Å². The molecule has 0 spiro atoms. The van der Waals surface area contributed by atoms with Gasteiger partial charge in [-0.3, -0.25) is 14.5 Å². The molecule has 2 amide bonds. The Morgan fingerprint density at radius 3 is 2.50 bits per heavy atom. The van der Waals surface area contributed by atoms with Gasteiger partial charge in [-0.1, -0.05) is 0 Å². The van der Waals surface area contributed by atoms with Crippen LogP contribution in [0.5, 0.6) is 5.88 Å². The van der Waals surface area contributed by atoms with Gasteiger partial charge in [0.25, 0.3) is 5.91 Å². The first-order chi connectivity index (χ1) is 12.7. The first kappa shape index (κ1) is 18.6. The third-order valence-electron chi connectivity index (χ3n) is 4.66. The Kier molecular flexibility index (Phi) is 6.40. The SMILES string of the molecule is CCOc1ncccc1C(=O)N1CCN(C(=O)CN2CCOCC2)CC1. The zero-order chi connectivity index (χ0) is 18.4. The molecule has 3 heterocycles. The van der Waals surface area contributed by atoms with E-state index in [2.05, 4.69) is 9.88 Å². The molecule has 3 rings (SSSR count). The summed E-state index contributed by atoms with van der Waals surface area (Å²) >= 11 is 0. The van der Waals surface area contributed by atoms with Crippen molar-refractivity contribution >= 4 is 11.8 Å². The number of carbonyl (C=O) groups excluding carboxylic acids is 2. The van der Waals surface area contributed by atoms with Crippen molar-refractivity contribution in [1.29, 1.82) is 0 Å². The minimum Gasteiger partial charge on any atom is -0.477 e. The summed E-state index contributed by atoms with van der Waals surface area (Å²) in [7, 11) is 0. The second kappa shape index (κ2) is 8.95. The van der Waals surface area contributed by atoms with Crippen LogP contribution in [0, 0.1) is 0 Å². The highest BCUT2D eigenvalue weighted by molar-refractivity contribution is 5.96. The van der Waals surface area contributed by atoms with Crippen molar-refractivity contribution in [3.05, 3.63) is 23.9 Å². The minimum atomic E-state index is -0.0955. The monoisotopic (exact) mass is 362 g/mol. The van der Waals surface area contributed by atoms with Crippen LogP contribution < -0.4 is 4.74 Å². The summed E-state index contributed by atoms with van der Waals surface area (Å²) in [6.45, 7) is 7.86. The zero-order valence-electron chi connectivity index (χ0n) is 15.2. The minimum absolute atomic E-state index is 0.0955. The fraction of sp³-hybridized carbons (Fsp3) is 0.611. The normalized spacial score (nSPS) is 18.7. The summed E-state index contributed by atoms with van der Waals surface area (Å²) in [5, 5.41) is 0. The summed E-state index contributed by atoms with van der Waals surface area (Å²) in [6.07, 6.45) is 1.62. The van der Waals surface area contributed by atoms with E-state index in [9.17, 15) is 9.59 Å². The van der Waals surface area contributed by atoms with Gasteiger partial charge in [0.1, 0.15) is 5.56 Å². The lowest BCUT2D eigenvalue weighted by atomic mass is 10.2. The molecule has 8 heteroatoms. The lowest BCUT2D eigenvalue weighted by Crippen LogP contribution is -2.53. The Morgan fingerprint density at radius 2 is 1.81 bits per heavy atom. The summed E-state index contributed by atoms with van der Waals surface area (Å²) < 4.78 is 10.8. The number of piperazine rings is 1. The highest BCUT2D eigenvalue weighted by Crippen LogP contribution is 2.18. The number of hydrogen-bond acceptors (Lipinski definition) is 6. The first-order valence-electron chi connectivity index (χ1n) is 9.14. The topological polar surface area (TPSA) is 75.2 Å². The molecule has 2 saturated heterocycles. The van der Waals surface area contributed by atoms with Crippen LogP contribution in [0.3, 0.4) is 0 Å². The number of morpholine rings is 1. The van der Waals surface area contributed by atoms with E-state index in [1.54, 1.807) is 23.2 Å². The first-order valence-corrected chi connectivity index (χ1v) is 9.14. The number of rotatable bonds is 5. The highest BCUT2D eigenvalue weighted by Gasteiger charge is 2.27. The fourth-order valence-electron chi connectivity index (χ4n) is 3.19. The van der Waals surface area contributed by atoms with Crippen LogP contribution in [0.4, 0.5) is 0 Å². The van der Waals surface area contributed by atoms with Crippen LogP contribution in [0.1, 0.15) is 17.3 Å². The van der Waals surface area contributed by atoms with Gasteiger partial charge >= 0.3 is 0 Å². The van der Waals surface area contributed by atoms with Crippen LogP contribution >= 0.6 is 0 Å². The molecular weight excluding hydrogens is 336 g/mol. The van der Waals surface area contributed by atoms with Crippen LogP contribution in [-0.4, -0.2) is 97.1 Å². The molecule has 0 radical (unpaired) electrons. The van der Waals surface area contributed by atoms with Crippen molar-refractivity contribution < 1.29 is 19.1 Å². The number of hydrogen-bond donors (Lipinski definition) is 0. The number of aromatic nitrogens is 1. The van der Waals surface area contributed by atoms with Crippen LogP contribution in [-0.2, 0) is 9.53 Å². The maximum Gasteiger partial charge on any atom is 0.259 e. The third kappa shape index (κ3) is 4.50. The Balaban J connectivity index is 1.53. The van der Waals surface area contributed by atoms with Gasteiger partial charge in [0.05, 0.1) is 26.4 Å². The van der Waals surface area contributed by atoms with E-state index >= 15 is 0 Å². The van der Waals surface area contributed by atoms with Crippen molar-refractivity contribution in [2.45, 2.75) is 6.92 Å². The molecule has 1 aromatic heterocycles. The van der Waals surface area contributed by atoms with Gasteiger partial charge in [0.15, 0.2) is 0 Å². The standard InChI is InChI=1S/C18H26N4O4/c1-2-26-17-15(4-3-5-19-17)18(24)22-8-6-21(7-9-22)16(23)14-20-10-12-25-13-11-20/h3-5H,2,6-14H2,1H3. The average Bonchev–Trinajstić information content (AvgIpc) is 2.69. The second-order valence-electron chi connectivity index (χ2n) is 6.35. The van der Waals surface area contributed by atoms with Crippen LogP contribution in [0.15, 0.2) is 18.3 Å². The lowest BCUT2D eigenvalue weighted by Gasteiger charge is -2.36. The fourth-order valence-corrected chi connectivity index (χ4v) is 3.19. The molecule has 0 aliphatic carbocycles. The molecule has 2 fully saturated rings. The van der Waals surface area contributed by atoms with Gasteiger partial charge < -0.3 is 19.3 Å². The number of amides is 2. The van der Waals surface area contributed by atoms with Gasteiger partial charge in [-0.25, -0.2) is 4.98 Å². The van der Waals surface area contributed by atoms with Crippen LogP contribution in [0.2, 0.25) is 0 Å². The Morgan fingerprint density at radius 1 is 1.12 bits per heavy atom. The number of ether oxygens (including phenoxy) is 2. The molecule has 0 bridgehead atoms. The smallest absolute Gasteiger partial charge is 0.259 e. The summed E-state index contributed by atoms with van der Waals surface area (Å²) in [5.74, 6) is 0.392. The van der Waals surface area contributed by atoms with E-state index in [0.29, 0.717) is 64.0 Å². The van der Waals surface area contributed by atoms with Gasteiger partial charge in [-0.05, 0) is 19.1 Å². The molecule has 0 unspecified atom stereocenters. The maximum absolute atomic E-state index is 12.8. The molecule has 8 nitrogen and oxygen atoms in total. The second-order valence-corrected chi connectivity index (χ2v) is 6.35. The molecule has 1 aromatic rings. The van der Waals surface area contributed by atoms with Gasteiger partial charge in [-0.15, -0.1) is 0 Å². The van der Waals surface area contributed by atoms with Gasteiger partial charge in [0, 0.05) is 45.5 Å². The van der Waals surface area contributed by atoms with Crippen molar-refractivity contribution in [2.75, 3.05) is 65.6 Å². The average molecular weight is 362 g/mol. The molecular formula is C18H26N4O4. The van der Waals surface area contributed by atoms with E-state index in [-0.39, 0.29) is 11.8 Å². The van der Waals surface area contributed by atoms with Crippen molar-refractivity contribution in [3.63, 3.8) is 0 Å². The molecule has 2 aliphatic rings. The number of carbonyl (C=O) groups is 2. The van der Waals surface area contributed by atoms with Crippen molar-refractivity contribution in [3.8, 4) is 5.88 Å². The Bertz CT molecular complexity index is 625. The Hall–Kier alpha value is -2.19. The predicted octanol–water partition coefficient (Wildman–Crippen LogP) is 0.0969. The molecule has 2 aliphatic heterocycles. The van der Waals surface area contributed by atoms with E-state index in [4.69, 9.17) is 9.47 Å². The van der Waals surface area contributed by atoms with Crippen LogP contribution in [0.25, 0.3) is 0 Å². The summed E-state index contributed by atoms with van der Waals surface area (Å²) in [5.41, 5.74) is 0.474. The predicted molar refractivity (Wildman–Crippen MR) is 95.1 cm³/mol. The van der Waals surface area contributed by atoms with E-state index in [0.717, 1.165) is 13.1 Å². The largest absolute Gasteiger partial charge is 0.477 e. The van der Waals surface area contributed by atoms with E-state index in [1.165, 1.54) is 0 Å². The molecule has 26 heavy (non-hydrogen) atoms. The van der Waals surface area contributed by atoms with Crippen molar-refractivity contribution in [1.82, 2.24) is 19.7 Å². The quantitative estimate of drug-likeness (QED) is 0.739. The number of nitrogens with zero attached hydrogens (tertiary/aromatic N) is 4. The maximum atomic E-state index is 12.8. The van der Waals surface area contributed by atoms with Gasteiger partial charge in [-0.2, -0.15) is 0 Å². The van der Waals surface area contributed by atoms with Crippen molar-refractivity contribution in [2.24, 2.45) is 0 Å². The molecule has 0 N–H and O–H groups in total. The van der Waals surface area contributed by atoms with E-state index < -0.39 is 0 Å². The molecule has 142 valence electrons. The third-order valence-corrected chi connectivity index (χ3v) is 4.66. The zero-order valence-corrected chi connectivity index (χ0v) is 15.2. The lowest BCUT2D eigenvalue weighted by molar-refractivity contribution is -0.134. The summed E-state index contributed by atoms with van der Waals surface area (Å²) in [6, 6.07) is 3.47. The summed E-state index contributed by atoms with van der Waals surface area (Å²) in [4.78, 5) is 35.1.